The van der Waals surface area contributed by atoms with E-state index in [4.69, 9.17) is 18.9 Å². The fraction of sp³-hybridized carbons (Fsp3) is 0.654. The lowest BCUT2D eigenvalue weighted by molar-refractivity contribution is -0.155. The first kappa shape index (κ1) is 31.6. The van der Waals surface area contributed by atoms with E-state index in [1.807, 2.05) is 31.2 Å². The molecule has 204 valence electrons. The Labute approximate surface area is 218 Å². The minimum Gasteiger partial charge on any atom is -0.490 e. The highest BCUT2D eigenvalue weighted by Gasteiger charge is 2.45. The molecule has 0 aliphatic heterocycles. The lowest BCUT2D eigenvalue weighted by Crippen LogP contribution is -2.43. The van der Waals surface area contributed by atoms with E-state index in [-0.39, 0.29) is 39.4 Å². The monoisotopic (exact) mass is 527 g/mol. The Bertz CT molecular complexity index is 832. The zero-order valence-corrected chi connectivity index (χ0v) is 23.1. The van der Waals surface area contributed by atoms with Crippen molar-refractivity contribution in [3.63, 3.8) is 0 Å². The summed E-state index contributed by atoms with van der Waals surface area (Å²) < 4.78 is 19.9. The van der Waals surface area contributed by atoms with Gasteiger partial charge in [0, 0.05) is 5.75 Å². The molecule has 9 nitrogen and oxygen atoms in total. The van der Waals surface area contributed by atoms with Gasteiger partial charge in [0.25, 0.3) is 0 Å². The highest BCUT2D eigenvalue weighted by atomic mass is 32.2. The summed E-state index contributed by atoms with van der Waals surface area (Å²) in [5.74, 6) is 0.505. The van der Waals surface area contributed by atoms with Crippen LogP contribution in [0, 0.1) is 5.41 Å². The molecule has 1 rings (SSSR count). The molecule has 0 aromatic heterocycles. The molecule has 0 heterocycles. The van der Waals surface area contributed by atoms with Gasteiger partial charge in [-0.2, -0.15) is 0 Å². The van der Waals surface area contributed by atoms with Crippen molar-refractivity contribution >= 4 is 29.8 Å². The molecule has 0 fully saturated rings. The van der Waals surface area contributed by atoms with E-state index in [0.29, 0.717) is 23.8 Å². The van der Waals surface area contributed by atoms with Crippen LogP contribution in [0.25, 0.3) is 0 Å². The molecule has 2 N–H and O–H groups in total. The number of methoxy groups -OCH3 is 1. The fourth-order valence-corrected chi connectivity index (χ4v) is 4.67. The second kappa shape index (κ2) is 15.6. The van der Waals surface area contributed by atoms with E-state index in [9.17, 15) is 19.5 Å². The maximum absolute atomic E-state index is 12.9. The first-order chi connectivity index (χ1) is 17.0. The van der Waals surface area contributed by atoms with Crippen molar-refractivity contribution in [1.82, 2.24) is 5.32 Å². The van der Waals surface area contributed by atoms with Gasteiger partial charge in [0.2, 0.25) is 0 Å². The number of benzene rings is 1. The van der Waals surface area contributed by atoms with Crippen LogP contribution in [-0.2, 0) is 23.8 Å². The number of carbonyl (C=O) groups excluding carboxylic acids is 3. The average molecular weight is 528 g/mol. The molecule has 2 unspecified atom stereocenters. The van der Waals surface area contributed by atoms with Crippen LogP contribution in [0.2, 0.25) is 0 Å². The maximum Gasteiger partial charge on any atom is 0.407 e. The number of ether oxygens (including phenoxy) is 4. The number of alkyl carbamates (subject to hydrolysis) is 1. The van der Waals surface area contributed by atoms with Gasteiger partial charge in [-0.3, -0.25) is 9.59 Å². The molecule has 0 saturated heterocycles. The zero-order chi connectivity index (χ0) is 27.2. The molecule has 0 saturated carbocycles. The summed E-state index contributed by atoms with van der Waals surface area (Å²) in [6, 6.07) is 7.76. The van der Waals surface area contributed by atoms with Crippen LogP contribution in [0.3, 0.4) is 0 Å². The number of hydrogen-bond acceptors (Lipinski definition) is 9. The smallest absolute Gasteiger partial charge is 0.407 e. The summed E-state index contributed by atoms with van der Waals surface area (Å²) in [6.07, 6.45) is 0.0109. The van der Waals surface area contributed by atoms with Gasteiger partial charge < -0.3 is 29.4 Å². The minimum absolute atomic E-state index is 0.0604. The van der Waals surface area contributed by atoms with Gasteiger partial charge in [0.15, 0.2) is 0 Å². The van der Waals surface area contributed by atoms with E-state index in [2.05, 4.69) is 19.2 Å². The fourth-order valence-electron chi connectivity index (χ4n) is 3.53. The number of esters is 2. The number of aliphatic hydroxyl groups is 1. The summed E-state index contributed by atoms with van der Waals surface area (Å²) in [7, 11) is 1.31. The third kappa shape index (κ3) is 10.3. The van der Waals surface area contributed by atoms with Crippen molar-refractivity contribution in [2.24, 2.45) is 5.41 Å². The van der Waals surface area contributed by atoms with Crippen LogP contribution in [0.4, 0.5) is 4.79 Å². The number of hydrogen-bond donors (Lipinski definition) is 2. The molecular formula is C26H41NO8S. The number of nitrogens with one attached hydrogen (secondary N) is 1. The van der Waals surface area contributed by atoms with Gasteiger partial charge in [0.1, 0.15) is 30.3 Å². The Morgan fingerprint density at radius 2 is 1.69 bits per heavy atom. The van der Waals surface area contributed by atoms with Gasteiger partial charge in [-0.15, -0.1) is 11.8 Å². The topological polar surface area (TPSA) is 120 Å². The van der Waals surface area contributed by atoms with Crippen LogP contribution in [-0.4, -0.2) is 73.7 Å². The first-order valence-electron chi connectivity index (χ1n) is 12.1. The van der Waals surface area contributed by atoms with E-state index >= 15 is 0 Å². The molecule has 2 atom stereocenters. The van der Waals surface area contributed by atoms with Crippen molar-refractivity contribution < 1.29 is 38.4 Å². The minimum atomic E-state index is -1.08. The molecular weight excluding hydrogens is 486 g/mol. The summed E-state index contributed by atoms with van der Waals surface area (Å²) in [5, 5.41) is 11.8. The molecule has 0 radical (unpaired) electrons. The SMILES string of the molecule is CCC(C)(CC(C)(SCCO)C(=O)OCCNC(=O)OCCOc1ccc(C(C)C)cc1)C(=O)OC. The van der Waals surface area contributed by atoms with Gasteiger partial charge in [-0.05, 0) is 50.3 Å². The first-order valence-corrected chi connectivity index (χ1v) is 13.1. The summed E-state index contributed by atoms with van der Waals surface area (Å²) >= 11 is 1.22. The van der Waals surface area contributed by atoms with Crippen LogP contribution >= 0.6 is 11.8 Å². The quantitative estimate of drug-likeness (QED) is 0.187. The van der Waals surface area contributed by atoms with Crippen LogP contribution in [0.15, 0.2) is 24.3 Å². The third-order valence-electron chi connectivity index (χ3n) is 5.87. The van der Waals surface area contributed by atoms with Crippen molar-refractivity contribution in [1.29, 1.82) is 0 Å². The summed E-state index contributed by atoms with van der Waals surface area (Å²) in [5.41, 5.74) is 0.333. The van der Waals surface area contributed by atoms with Crippen molar-refractivity contribution in [3.8, 4) is 5.75 Å². The standard InChI is InChI=1S/C26H41NO8S/c1-7-25(4,22(29)32-6)18-26(5,36-17-13-28)23(30)34-14-12-27-24(31)35-16-15-33-21-10-8-20(9-11-21)19(2)3/h8-11,19,28H,7,12-18H2,1-6H3,(H,27,31). The molecule has 0 spiro atoms. The van der Waals surface area contributed by atoms with Crippen molar-refractivity contribution in [2.45, 2.75) is 58.1 Å². The van der Waals surface area contributed by atoms with E-state index in [1.54, 1.807) is 13.8 Å². The van der Waals surface area contributed by atoms with E-state index in [0.717, 1.165) is 0 Å². The number of amides is 1. The Morgan fingerprint density at radius 3 is 2.25 bits per heavy atom. The Morgan fingerprint density at radius 1 is 1.03 bits per heavy atom. The molecule has 0 aliphatic rings. The molecule has 1 aromatic rings. The highest BCUT2D eigenvalue weighted by molar-refractivity contribution is 8.01. The van der Waals surface area contributed by atoms with E-state index in [1.165, 1.54) is 24.4 Å². The lowest BCUT2D eigenvalue weighted by Gasteiger charge is -2.35. The molecule has 0 aliphatic carbocycles. The third-order valence-corrected chi connectivity index (χ3v) is 7.20. The predicted octanol–water partition coefficient (Wildman–Crippen LogP) is 3.92. The average Bonchev–Trinajstić information content (AvgIpc) is 2.87. The van der Waals surface area contributed by atoms with Crippen LogP contribution in [0.5, 0.6) is 5.75 Å². The highest BCUT2D eigenvalue weighted by Crippen LogP contribution is 2.41. The number of carbonyl (C=O) groups is 3. The van der Waals surface area contributed by atoms with Gasteiger partial charge >= 0.3 is 18.0 Å². The number of thioether (sulfide) groups is 1. The zero-order valence-electron chi connectivity index (χ0n) is 22.3. The van der Waals surface area contributed by atoms with Crippen molar-refractivity contribution in [3.05, 3.63) is 29.8 Å². The molecule has 10 heteroatoms. The normalized spacial score (nSPS) is 14.3. The number of aliphatic hydroxyl groups excluding tert-OH is 1. The van der Waals surface area contributed by atoms with Crippen molar-refractivity contribution in [2.75, 3.05) is 45.8 Å². The molecule has 1 aromatic carbocycles. The molecule has 1 amide bonds. The summed E-state index contributed by atoms with van der Waals surface area (Å²) in [4.78, 5) is 37.1. The summed E-state index contributed by atoms with van der Waals surface area (Å²) in [6.45, 7) is 9.66. The molecule has 36 heavy (non-hydrogen) atoms. The second-order valence-corrected chi connectivity index (χ2v) is 10.8. The van der Waals surface area contributed by atoms with Gasteiger partial charge in [0.05, 0.1) is 25.7 Å². The largest absolute Gasteiger partial charge is 0.490 e. The van der Waals surface area contributed by atoms with Gasteiger partial charge in [-0.25, -0.2) is 4.79 Å². The second-order valence-electron chi connectivity index (χ2n) is 9.16. The molecule has 0 bridgehead atoms. The van der Waals surface area contributed by atoms with Crippen LogP contribution in [0.1, 0.15) is 58.9 Å². The Balaban J connectivity index is 2.43. The van der Waals surface area contributed by atoms with E-state index < -0.39 is 28.2 Å². The van der Waals surface area contributed by atoms with Crippen LogP contribution < -0.4 is 10.1 Å². The maximum atomic E-state index is 12.9. The lowest BCUT2D eigenvalue weighted by atomic mass is 9.79. The Hall–Kier alpha value is -2.46. The van der Waals surface area contributed by atoms with Gasteiger partial charge in [-0.1, -0.05) is 32.9 Å². The predicted molar refractivity (Wildman–Crippen MR) is 139 cm³/mol. The number of rotatable bonds is 16. The Kier molecular flexibility index (Phi) is 13.7.